The summed E-state index contributed by atoms with van der Waals surface area (Å²) >= 11 is 1.58. The van der Waals surface area contributed by atoms with Gasteiger partial charge in [-0.15, -0.1) is 11.3 Å². The average Bonchev–Trinajstić information content (AvgIpc) is 3.20. The maximum absolute atomic E-state index is 12.2. The number of carbonyl (C=O) groups is 1. The molecule has 116 valence electrons. The number of rotatable bonds is 4. The predicted molar refractivity (Wildman–Crippen MR) is 84.6 cm³/mol. The molecule has 2 aliphatic heterocycles. The van der Waals surface area contributed by atoms with Crippen molar-refractivity contribution in [3.8, 4) is 10.8 Å². The lowest BCUT2D eigenvalue weighted by atomic mass is 9.99. The van der Waals surface area contributed by atoms with Gasteiger partial charge in [0.2, 0.25) is 11.8 Å². The first-order valence-corrected chi connectivity index (χ1v) is 8.68. The first kappa shape index (κ1) is 14.0. The van der Waals surface area contributed by atoms with Crippen molar-refractivity contribution in [2.45, 2.75) is 50.2 Å². The summed E-state index contributed by atoms with van der Waals surface area (Å²) in [6, 6.07) is 5.39. The number of aromatic nitrogens is 1. The summed E-state index contributed by atoms with van der Waals surface area (Å²) in [6.45, 7) is 0. The Hall–Kier alpha value is -1.66. The van der Waals surface area contributed by atoms with Gasteiger partial charge >= 0.3 is 0 Å². The average molecular weight is 317 g/mol. The van der Waals surface area contributed by atoms with Crippen molar-refractivity contribution in [1.82, 2.24) is 15.6 Å². The summed E-state index contributed by atoms with van der Waals surface area (Å²) in [6.07, 6.45) is 6.44. The molecule has 0 radical (unpaired) electrons. The van der Waals surface area contributed by atoms with Crippen molar-refractivity contribution in [2.75, 3.05) is 0 Å². The highest BCUT2D eigenvalue weighted by Gasteiger charge is 2.33. The molecule has 4 heterocycles. The monoisotopic (exact) mass is 317 g/mol. The van der Waals surface area contributed by atoms with Gasteiger partial charge in [-0.3, -0.25) is 4.79 Å². The Morgan fingerprint density at radius 3 is 2.95 bits per heavy atom. The van der Waals surface area contributed by atoms with Crippen LogP contribution in [0.25, 0.3) is 10.8 Å². The van der Waals surface area contributed by atoms with Crippen LogP contribution in [0.4, 0.5) is 0 Å². The number of hydrogen-bond acceptors (Lipinski definition) is 5. The summed E-state index contributed by atoms with van der Waals surface area (Å²) in [5.41, 5.74) is 0.692. The van der Waals surface area contributed by atoms with Crippen molar-refractivity contribution in [1.29, 1.82) is 0 Å². The van der Waals surface area contributed by atoms with E-state index in [0.717, 1.165) is 17.7 Å². The van der Waals surface area contributed by atoms with E-state index in [2.05, 4.69) is 15.6 Å². The molecule has 2 saturated heterocycles. The number of carbonyl (C=O) groups excluding carboxylic acids is 1. The van der Waals surface area contributed by atoms with Crippen LogP contribution in [-0.2, 0) is 11.2 Å². The highest BCUT2D eigenvalue weighted by atomic mass is 32.1. The van der Waals surface area contributed by atoms with Gasteiger partial charge in [0.05, 0.1) is 17.0 Å². The van der Waals surface area contributed by atoms with Gasteiger partial charge < -0.3 is 15.1 Å². The van der Waals surface area contributed by atoms with Gasteiger partial charge in [-0.1, -0.05) is 6.07 Å². The Bertz CT molecular complexity index is 640. The number of thiophene rings is 1. The third-order valence-electron chi connectivity index (χ3n) is 4.46. The summed E-state index contributed by atoms with van der Waals surface area (Å²) < 4.78 is 5.45. The van der Waals surface area contributed by atoms with E-state index in [1.54, 1.807) is 17.6 Å². The predicted octanol–water partition coefficient (Wildman–Crippen LogP) is 2.34. The Kier molecular flexibility index (Phi) is 3.72. The first-order chi connectivity index (χ1) is 10.8. The minimum atomic E-state index is 0.0392. The van der Waals surface area contributed by atoms with E-state index in [9.17, 15) is 4.79 Å². The molecule has 1 amide bonds. The molecule has 2 aliphatic rings. The van der Waals surface area contributed by atoms with E-state index >= 15 is 0 Å². The zero-order chi connectivity index (χ0) is 14.9. The van der Waals surface area contributed by atoms with Crippen LogP contribution in [0.1, 0.15) is 31.4 Å². The second-order valence-electron chi connectivity index (χ2n) is 6.17. The fourth-order valence-electron chi connectivity index (χ4n) is 3.52. The fraction of sp³-hybridized carbons (Fsp3) is 0.500. The molecule has 0 aliphatic carbocycles. The molecule has 5 nitrogen and oxygen atoms in total. The highest BCUT2D eigenvalue weighted by Crippen LogP contribution is 2.27. The lowest BCUT2D eigenvalue weighted by Gasteiger charge is -2.29. The molecule has 2 aromatic heterocycles. The van der Waals surface area contributed by atoms with Gasteiger partial charge in [0.15, 0.2) is 0 Å². The minimum Gasteiger partial charge on any atom is -0.444 e. The van der Waals surface area contributed by atoms with Crippen molar-refractivity contribution in [3.05, 3.63) is 29.5 Å². The molecule has 0 aromatic carbocycles. The van der Waals surface area contributed by atoms with E-state index in [1.807, 2.05) is 17.5 Å². The van der Waals surface area contributed by atoms with Crippen LogP contribution in [0, 0.1) is 0 Å². The van der Waals surface area contributed by atoms with E-state index < -0.39 is 0 Å². The normalized spacial score (nSPS) is 27.0. The number of piperidine rings is 1. The van der Waals surface area contributed by atoms with Gasteiger partial charge in [0.1, 0.15) is 6.26 Å². The van der Waals surface area contributed by atoms with E-state index in [1.165, 1.54) is 12.8 Å². The van der Waals surface area contributed by atoms with Crippen molar-refractivity contribution >= 4 is 17.2 Å². The summed E-state index contributed by atoms with van der Waals surface area (Å²) in [5.74, 6) is 0.634. The molecule has 2 bridgehead atoms. The third kappa shape index (κ3) is 2.94. The molecule has 6 heteroatoms. The number of oxazole rings is 1. The molecule has 2 atom stereocenters. The van der Waals surface area contributed by atoms with E-state index in [4.69, 9.17) is 4.42 Å². The van der Waals surface area contributed by atoms with E-state index in [-0.39, 0.29) is 12.3 Å². The van der Waals surface area contributed by atoms with Crippen LogP contribution in [0.2, 0.25) is 0 Å². The van der Waals surface area contributed by atoms with Gasteiger partial charge in [0.25, 0.3) is 0 Å². The molecule has 0 saturated carbocycles. The Labute approximate surface area is 133 Å². The van der Waals surface area contributed by atoms with Crippen LogP contribution in [0.5, 0.6) is 0 Å². The van der Waals surface area contributed by atoms with Crippen molar-refractivity contribution in [2.24, 2.45) is 0 Å². The number of amides is 1. The number of nitrogens with one attached hydrogen (secondary N) is 2. The van der Waals surface area contributed by atoms with Crippen LogP contribution < -0.4 is 10.6 Å². The molecule has 2 unspecified atom stereocenters. The molecule has 2 fully saturated rings. The van der Waals surface area contributed by atoms with Crippen molar-refractivity contribution in [3.63, 3.8) is 0 Å². The Morgan fingerprint density at radius 1 is 1.41 bits per heavy atom. The molecule has 2 N–H and O–H groups in total. The molecular formula is C16H19N3O2S. The highest BCUT2D eigenvalue weighted by molar-refractivity contribution is 7.13. The standard InChI is InChI=1S/C16H19N3O2S/c20-15(18-12-6-10-3-4-11(7-12)17-10)8-13-9-21-16(19-13)14-2-1-5-22-14/h1-2,5,9-12,17H,3-4,6-8H2,(H,18,20). The summed E-state index contributed by atoms with van der Waals surface area (Å²) in [7, 11) is 0. The largest absolute Gasteiger partial charge is 0.444 e. The number of nitrogens with zero attached hydrogens (tertiary/aromatic N) is 1. The second kappa shape index (κ2) is 5.85. The Morgan fingerprint density at radius 2 is 2.23 bits per heavy atom. The topological polar surface area (TPSA) is 67.2 Å². The van der Waals surface area contributed by atoms with Crippen LogP contribution in [0.15, 0.2) is 28.2 Å². The maximum atomic E-state index is 12.2. The zero-order valence-electron chi connectivity index (χ0n) is 12.2. The SMILES string of the molecule is O=C(Cc1coc(-c2cccs2)n1)NC1CC2CCC(C1)N2. The lowest BCUT2D eigenvalue weighted by Crippen LogP contribution is -2.48. The maximum Gasteiger partial charge on any atom is 0.236 e. The Balaban J connectivity index is 1.34. The second-order valence-corrected chi connectivity index (χ2v) is 7.12. The number of fused-ring (bicyclic) bond motifs is 2. The molecule has 22 heavy (non-hydrogen) atoms. The first-order valence-electron chi connectivity index (χ1n) is 7.80. The van der Waals surface area contributed by atoms with Gasteiger partial charge in [-0.2, -0.15) is 0 Å². The van der Waals surface area contributed by atoms with Gasteiger partial charge in [0, 0.05) is 18.1 Å². The van der Waals surface area contributed by atoms with Crippen LogP contribution in [0.3, 0.4) is 0 Å². The molecule has 2 aromatic rings. The van der Waals surface area contributed by atoms with E-state index in [0.29, 0.717) is 29.7 Å². The molecular weight excluding hydrogens is 298 g/mol. The fourth-order valence-corrected chi connectivity index (χ4v) is 4.18. The molecule has 4 rings (SSSR count). The quantitative estimate of drug-likeness (QED) is 0.908. The van der Waals surface area contributed by atoms with Crippen LogP contribution >= 0.6 is 11.3 Å². The zero-order valence-corrected chi connectivity index (χ0v) is 13.1. The summed E-state index contributed by atoms with van der Waals surface area (Å²) in [5, 5.41) is 8.72. The third-order valence-corrected chi connectivity index (χ3v) is 5.32. The van der Waals surface area contributed by atoms with Gasteiger partial charge in [-0.25, -0.2) is 4.98 Å². The smallest absolute Gasteiger partial charge is 0.236 e. The van der Waals surface area contributed by atoms with Gasteiger partial charge in [-0.05, 0) is 37.1 Å². The number of hydrogen-bond donors (Lipinski definition) is 2. The molecule has 0 spiro atoms. The lowest BCUT2D eigenvalue weighted by molar-refractivity contribution is -0.121. The minimum absolute atomic E-state index is 0.0392. The van der Waals surface area contributed by atoms with Crippen molar-refractivity contribution < 1.29 is 9.21 Å². The summed E-state index contributed by atoms with van der Waals surface area (Å²) in [4.78, 5) is 17.6. The van der Waals surface area contributed by atoms with Crippen LogP contribution in [-0.4, -0.2) is 29.0 Å².